The number of ether oxygens (including phenoxy) is 3. The second-order valence-electron chi connectivity index (χ2n) is 4.83. The Labute approximate surface area is 163 Å². The first kappa shape index (κ1) is 19.3. The quantitative estimate of drug-likeness (QED) is 0.523. The first-order valence-electron chi connectivity index (χ1n) is 7.02. The van der Waals surface area contributed by atoms with E-state index in [2.05, 4.69) is 5.32 Å². The normalized spacial score (nSPS) is 10.1. The summed E-state index contributed by atoms with van der Waals surface area (Å²) in [7, 11) is 4.17. The van der Waals surface area contributed by atoms with Crippen LogP contribution in [0.25, 0.3) is 0 Å². The number of benzene rings is 2. The number of anilines is 1. The molecule has 2 aromatic carbocycles. The third-order valence-electron chi connectivity index (χ3n) is 3.36. The molecule has 132 valence electrons. The van der Waals surface area contributed by atoms with E-state index < -0.39 is 11.9 Å². The van der Waals surface area contributed by atoms with Gasteiger partial charge in [-0.2, -0.15) is 0 Å². The molecule has 0 aromatic heterocycles. The molecular weight excluding hydrogens is 461 g/mol. The molecule has 2 aromatic rings. The lowest BCUT2D eigenvalue weighted by molar-refractivity contribution is 0.0601. The molecule has 1 amide bonds. The Bertz CT molecular complexity index is 825. The van der Waals surface area contributed by atoms with Crippen molar-refractivity contribution in [3.63, 3.8) is 0 Å². The monoisotopic (exact) mass is 475 g/mol. The predicted octanol–water partition coefficient (Wildman–Crippen LogP) is 4.00. The van der Waals surface area contributed by atoms with Gasteiger partial charge in [0.15, 0.2) is 11.5 Å². The Hall–Kier alpha value is -2.00. The largest absolute Gasteiger partial charge is 0.493 e. The van der Waals surface area contributed by atoms with Gasteiger partial charge in [-0.15, -0.1) is 0 Å². The van der Waals surface area contributed by atoms with Gasteiger partial charge < -0.3 is 19.5 Å². The van der Waals surface area contributed by atoms with Crippen molar-refractivity contribution in [2.75, 3.05) is 26.6 Å². The van der Waals surface area contributed by atoms with Crippen LogP contribution in [-0.2, 0) is 4.74 Å². The van der Waals surface area contributed by atoms with Crippen molar-refractivity contribution in [2.24, 2.45) is 0 Å². The highest BCUT2D eigenvalue weighted by molar-refractivity contribution is 14.1. The highest BCUT2D eigenvalue weighted by Gasteiger charge is 2.20. The maximum absolute atomic E-state index is 12.5. The Balaban J connectivity index is 2.44. The Morgan fingerprint density at radius 3 is 2.24 bits per heavy atom. The maximum Gasteiger partial charge on any atom is 0.340 e. The van der Waals surface area contributed by atoms with E-state index in [1.807, 2.05) is 22.6 Å². The van der Waals surface area contributed by atoms with Crippen molar-refractivity contribution >= 4 is 51.8 Å². The van der Waals surface area contributed by atoms with Gasteiger partial charge in [0.2, 0.25) is 0 Å². The summed E-state index contributed by atoms with van der Waals surface area (Å²) in [5.41, 5.74) is 0.802. The molecule has 25 heavy (non-hydrogen) atoms. The van der Waals surface area contributed by atoms with Crippen molar-refractivity contribution in [1.82, 2.24) is 0 Å². The fourth-order valence-electron chi connectivity index (χ4n) is 2.09. The van der Waals surface area contributed by atoms with Gasteiger partial charge in [-0.25, -0.2) is 4.79 Å². The lowest BCUT2D eigenvalue weighted by Crippen LogP contribution is -2.16. The minimum absolute atomic E-state index is 0.150. The van der Waals surface area contributed by atoms with E-state index in [1.165, 1.54) is 33.5 Å². The average Bonchev–Trinajstić information content (AvgIpc) is 2.62. The maximum atomic E-state index is 12.5. The van der Waals surface area contributed by atoms with Gasteiger partial charge in [-0.1, -0.05) is 11.6 Å². The number of carbonyl (C=O) groups is 2. The lowest BCUT2D eigenvalue weighted by atomic mass is 10.1. The molecule has 0 aliphatic heterocycles. The summed E-state index contributed by atoms with van der Waals surface area (Å²) >= 11 is 8.01. The van der Waals surface area contributed by atoms with Crippen molar-refractivity contribution < 1.29 is 23.8 Å². The van der Waals surface area contributed by atoms with Crippen LogP contribution in [0, 0.1) is 3.57 Å². The molecule has 0 aliphatic carbocycles. The standard InChI is InChI=1S/C17H15ClINO5/c1-23-14-7-10(17(22)25-3)13(8-15(14)24-2)20-16(21)9-4-5-11(18)12(19)6-9/h4-8H,1-3H3,(H,20,21). The Kier molecular flexibility index (Phi) is 6.49. The van der Waals surface area contributed by atoms with E-state index in [1.54, 1.807) is 18.2 Å². The van der Waals surface area contributed by atoms with Crippen LogP contribution in [0.4, 0.5) is 5.69 Å². The zero-order valence-electron chi connectivity index (χ0n) is 13.7. The first-order chi connectivity index (χ1) is 11.9. The predicted molar refractivity (Wildman–Crippen MR) is 103 cm³/mol. The van der Waals surface area contributed by atoms with Gasteiger partial charge in [0, 0.05) is 21.3 Å². The number of rotatable bonds is 5. The molecule has 1 N–H and O–H groups in total. The number of esters is 1. The fourth-order valence-corrected chi connectivity index (χ4v) is 2.73. The minimum atomic E-state index is -0.609. The Morgan fingerprint density at radius 2 is 1.68 bits per heavy atom. The van der Waals surface area contributed by atoms with Crippen LogP contribution in [-0.4, -0.2) is 33.2 Å². The zero-order valence-corrected chi connectivity index (χ0v) is 16.6. The number of hydrogen-bond acceptors (Lipinski definition) is 5. The summed E-state index contributed by atoms with van der Waals surface area (Å²) in [6, 6.07) is 7.83. The molecule has 8 heteroatoms. The molecule has 2 rings (SSSR count). The van der Waals surface area contributed by atoms with Crippen molar-refractivity contribution in [3.05, 3.63) is 50.1 Å². The van der Waals surface area contributed by atoms with Gasteiger partial charge in [0.25, 0.3) is 5.91 Å². The van der Waals surface area contributed by atoms with E-state index in [-0.39, 0.29) is 11.3 Å². The van der Waals surface area contributed by atoms with E-state index in [0.29, 0.717) is 22.1 Å². The van der Waals surface area contributed by atoms with Crippen LogP contribution in [0.1, 0.15) is 20.7 Å². The lowest BCUT2D eigenvalue weighted by Gasteiger charge is -2.14. The summed E-state index contributed by atoms with van der Waals surface area (Å²) in [4.78, 5) is 24.5. The third-order valence-corrected chi connectivity index (χ3v) is 4.90. The smallest absolute Gasteiger partial charge is 0.340 e. The molecule has 0 radical (unpaired) electrons. The molecule has 0 bridgehead atoms. The molecule has 0 aliphatic rings. The first-order valence-corrected chi connectivity index (χ1v) is 8.47. The van der Waals surface area contributed by atoms with E-state index >= 15 is 0 Å². The van der Waals surface area contributed by atoms with Crippen LogP contribution in [0.15, 0.2) is 30.3 Å². The summed E-state index contributed by atoms with van der Waals surface area (Å²) in [6.07, 6.45) is 0. The summed E-state index contributed by atoms with van der Waals surface area (Å²) in [5, 5.41) is 3.25. The highest BCUT2D eigenvalue weighted by atomic mass is 127. The zero-order chi connectivity index (χ0) is 18.6. The fraction of sp³-hybridized carbons (Fsp3) is 0.176. The number of hydrogen-bond donors (Lipinski definition) is 1. The molecule has 6 nitrogen and oxygen atoms in total. The number of nitrogens with one attached hydrogen (secondary N) is 1. The van der Waals surface area contributed by atoms with Crippen molar-refractivity contribution in [1.29, 1.82) is 0 Å². The molecule has 0 heterocycles. The molecular formula is C17H15ClINO5. The van der Waals surface area contributed by atoms with Crippen LogP contribution in [0.3, 0.4) is 0 Å². The van der Waals surface area contributed by atoms with Gasteiger partial charge in [-0.05, 0) is 40.8 Å². The molecule has 0 unspecified atom stereocenters. The number of halogens is 2. The number of methoxy groups -OCH3 is 3. The summed E-state index contributed by atoms with van der Waals surface area (Å²) < 4.78 is 15.9. The molecule has 0 spiro atoms. The van der Waals surface area contributed by atoms with Gasteiger partial charge in [0.05, 0.1) is 37.6 Å². The second kappa shape index (κ2) is 8.39. The van der Waals surface area contributed by atoms with Crippen molar-refractivity contribution in [3.8, 4) is 11.5 Å². The van der Waals surface area contributed by atoms with Gasteiger partial charge in [0.1, 0.15) is 0 Å². The topological polar surface area (TPSA) is 73.9 Å². The minimum Gasteiger partial charge on any atom is -0.493 e. The average molecular weight is 476 g/mol. The molecule has 0 saturated carbocycles. The molecule has 0 fully saturated rings. The third kappa shape index (κ3) is 4.35. The van der Waals surface area contributed by atoms with E-state index in [4.69, 9.17) is 25.8 Å². The summed E-state index contributed by atoms with van der Waals surface area (Å²) in [6.45, 7) is 0. The van der Waals surface area contributed by atoms with Gasteiger partial charge in [-0.3, -0.25) is 4.79 Å². The Morgan fingerprint density at radius 1 is 1.04 bits per heavy atom. The molecule has 0 saturated heterocycles. The summed E-state index contributed by atoms with van der Waals surface area (Å²) in [5.74, 6) is -0.285. The van der Waals surface area contributed by atoms with Gasteiger partial charge >= 0.3 is 5.97 Å². The van der Waals surface area contributed by atoms with Crippen LogP contribution >= 0.6 is 34.2 Å². The SMILES string of the molecule is COC(=O)c1cc(OC)c(OC)cc1NC(=O)c1ccc(Cl)c(I)c1. The molecule has 0 atom stereocenters. The number of amides is 1. The second-order valence-corrected chi connectivity index (χ2v) is 6.40. The van der Waals surface area contributed by atoms with E-state index in [0.717, 1.165) is 3.57 Å². The van der Waals surface area contributed by atoms with Crippen molar-refractivity contribution in [2.45, 2.75) is 0 Å². The van der Waals surface area contributed by atoms with E-state index in [9.17, 15) is 9.59 Å². The number of carbonyl (C=O) groups excluding carboxylic acids is 2. The van der Waals surface area contributed by atoms with Crippen LogP contribution in [0.5, 0.6) is 11.5 Å². The van der Waals surface area contributed by atoms with Crippen LogP contribution in [0.2, 0.25) is 5.02 Å². The van der Waals surface area contributed by atoms with Crippen LogP contribution < -0.4 is 14.8 Å². The highest BCUT2D eigenvalue weighted by Crippen LogP contribution is 2.34.